The maximum Gasteiger partial charge on any atom is 0.0613 e. The van der Waals surface area contributed by atoms with Gasteiger partial charge in [0, 0.05) is 18.2 Å². The fourth-order valence-electron chi connectivity index (χ4n) is 1.98. The molecule has 2 N–H and O–H groups in total. The van der Waals surface area contributed by atoms with Crippen molar-refractivity contribution in [3.63, 3.8) is 0 Å². The first-order valence-electron chi connectivity index (χ1n) is 6.62. The summed E-state index contributed by atoms with van der Waals surface area (Å²) in [6.45, 7) is 7.30. The summed E-state index contributed by atoms with van der Waals surface area (Å²) < 4.78 is 5.54. The molecule has 1 fully saturated rings. The Hall–Kier alpha value is -0.120. The monoisotopic (exact) mass is 229 g/mol. The number of hydrogen-bond donors (Lipinski definition) is 2. The first-order chi connectivity index (χ1) is 7.62. The van der Waals surface area contributed by atoms with Gasteiger partial charge in [0.15, 0.2) is 0 Å². The van der Waals surface area contributed by atoms with Crippen LogP contribution in [-0.2, 0) is 4.74 Å². The average molecular weight is 229 g/mol. The highest BCUT2D eigenvalue weighted by Gasteiger charge is 2.33. The van der Waals surface area contributed by atoms with Crippen LogP contribution in [0, 0.1) is 0 Å². The molecule has 3 nitrogen and oxygen atoms in total. The van der Waals surface area contributed by atoms with Crippen LogP contribution in [0.3, 0.4) is 0 Å². The van der Waals surface area contributed by atoms with Crippen molar-refractivity contribution >= 4 is 0 Å². The Morgan fingerprint density at radius 3 is 2.56 bits per heavy atom. The van der Waals surface area contributed by atoms with Crippen LogP contribution < -0.4 is 5.32 Å². The Morgan fingerprint density at radius 2 is 2.12 bits per heavy atom. The minimum absolute atomic E-state index is 0.0680. The van der Waals surface area contributed by atoms with Crippen LogP contribution in [0.5, 0.6) is 0 Å². The molecule has 0 saturated heterocycles. The molecule has 0 radical (unpaired) electrons. The maximum atomic E-state index is 9.56. The molecular formula is C13H27NO2. The van der Waals surface area contributed by atoms with Crippen LogP contribution >= 0.6 is 0 Å². The number of ether oxygens (including phenoxy) is 1. The summed E-state index contributed by atoms with van der Waals surface area (Å²) in [4.78, 5) is 0. The third-order valence-corrected chi connectivity index (χ3v) is 3.32. The van der Waals surface area contributed by atoms with Crippen LogP contribution in [0.15, 0.2) is 0 Å². The van der Waals surface area contributed by atoms with Gasteiger partial charge in [-0.2, -0.15) is 0 Å². The molecule has 0 bridgehead atoms. The van der Waals surface area contributed by atoms with Crippen LogP contribution in [0.25, 0.3) is 0 Å². The molecule has 1 aliphatic rings. The molecule has 0 aliphatic heterocycles. The standard InChI is InChI=1S/C13H27NO2/c1-4-13(10-15,14-12-6-7-12)8-5-9-16-11(2)3/h11-12,14-15H,4-10H2,1-3H3. The summed E-state index contributed by atoms with van der Waals surface area (Å²) in [6.07, 6.45) is 5.85. The lowest BCUT2D eigenvalue weighted by Gasteiger charge is -2.32. The zero-order valence-corrected chi connectivity index (χ0v) is 11.0. The molecule has 16 heavy (non-hydrogen) atoms. The van der Waals surface area contributed by atoms with Crippen molar-refractivity contribution in [1.82, 2.24) is 5.32 Å². The van der Waals surface area contributed by atoms with Gasteiger partial charge in [-0.3, -0.25) is 0 Å². The van der Waals surface area contributed by atoms with E-state index >= 15 is 0 Å². The summed E-state index contributed by atoms with van der Waals surface area (Å²) in [5, 5.41) is 13.1. The van der Waals surface area contributed by atoms with Crippen LogP contribution in [-0.4, -0.2) is 36.0 Å². The first-order valence-corrected chi connectivity index (χ1v) is 6.62. The second-order valence-corrected chi connectivity index (χ2v) is 5.23. The summed E-state index contributed by atoms with van der Waals surface area (Å²) in [5.74, 6) is 0. The Kier molecular flexibility index (Phi) is 5.73. The lowest BCUT2D eigenvalue weighted by atomic mass is 9.91. The van der Waals surface area contributed by atoms with Crippen molar-refractivity contribution in [2.45, 2.75) is 70.6 Å². The van der Waals surface area contributed by atoms with Gasteiger partial charge in [0.25, 0.3) is 0 Å². The molecule has 0 aromatic carbocycles. The molecule has 0 heterocycles. The Labute approximate surface area is 99.6 Å². The van der Waals surface area contributed by atoms with E-state index < -0.39 is 0 Å². The summed E-state index contributed by atoms with van der Waals surface area (Å²) in [5.41, 5.74) is -0.0680. The van der Waals surface area contributed by atoms with Crippen LogP contribution in [0.4, 0.5) is 0 Å². The second kappa shape index (κ2) is 6.58. The molecule has 0 spiro atoms. The third-order valence-electron chi connectivity index (χ3n) is 3.32. The first kappa shape index (κ1) is 13.9. The smallest absolute Gasteiger partial charge is 0.0613 e. The van der Waals surface area contributed by atoms with Gasteiger partial charge < -0.3 is 15.2 Å². The van der Waals surface area contributed by atoms with Gasteiger partial charge in [0.05, 0.1) is 12.7 Å². The molecule has 0 aromatic rings. The Balaban J connectivity index is 2.25. The quantitative estimate of drug-likeness (QED) is 0.595. The molecule has 1 unspecified atom stereocenters. The predicted molar refractivity (Wildman–Crippen MR) is 66.6 cm³/mol. The zero-order valence-electron chi connectivity index (χ0n) is 11.0. The molecule has 0 aromatic heterocycles. The average Bonchev–Trinajstić information content (AvgIpc) is 3.06. The normalized spacial score (nSPS) is 20.1. The minimum atomic E-state index is -0.0680. The van der Waals surface area contributed by atoms with E-state index in [0.717, 1.165) is 25.9 Å². The van der Waals surface area contributed by atoms with Crippen molar-refractivity contribution in [2.75, 3.05) is 13.2 Å². The van der Waals surface area contributed by atoms with E-state index in [4.69, 9.17) is 4.74 Å². The van der Waals surface area contributed by atoms with Crippen molar-refractivity contribution in [1.29, 1.82) is 0 Å². The summed E-state index contributed by atoms with van der Waals surface area (Å²) in [7, 11) is 0. The minimum Gasteiger partial charge on any atom is -0.394 e. The van der Waals surface area contributed by atoms with Gasteiger partial charge >= 0.3 is 0 Å². The van der Waals surface area contributed by atoms with Gasteiger partial charge in [-0.1, -0.05) is 6.92 Å². The highest BCUT2D eigenvalue weighted by molar-refractivity contribution is 4.94. The molecular weight excluding hydrogens is 202 g/mol. The molecule has 0 amide bonds. The molecule has 1 aliphatic carbocycles. The maximum absolute atomic E-state index is 9.56. The molecule has 96 valence electrons. The van der Waals surface area contributed by atoms with E-state index in [1.165, 1.54) is 12.8 Å². The number of aliphatic hydroxyl groups excluding tert-OH is 1. The van der Waals surface area contributed by atoms with Gasteiger partial charge in [0.1, 0.15) is 0 Å². The van der Waals surface area contributed by atoms with Crippen LogP contribution in [0.1, 0.15) is 52.9 Å². The van der Waals surface area contributed by atoms with E-state index in [2.05, 4.69) is 26.1 Å². The highest BCUT2D eigenvalue weighted by Crippen LogP contribution is 2.26. The summed E-state index contributed by atoms with van der Waals surface area (Å²) in [6, 6.07) is 0.651. The van der Waals surface area contributed by atoms with Gasteiger partial charge in [-0.25, -0.2) is 0 Å². The number of nitrogens with one attached hydrogen (secondary N) is 1. The summed E-state index contributed by atoms with van der Waals surface area (Å²) >= 11 is 0. The van der Waals surface area contributed by atoms with Crippen molar-refractivity contribution in [2.24, 2.45) is 0 Å². The van der Waals surface area contributed by atoms with Crippen molar-refractivity contribution in [3.8, 4) is 0 Å². The Morgan fingerprint density at radius 1 is 1.44 bits per heavy atom. The number of rotatable bonds is 9. The highest BCUT2D eigenvalue weighted by atomic mass is 16.5. The van der Waals surface area contributed by atoms with Gasteiger partial charge in [0.2, 0.25) is 0 Å². The SMILES string of the molecule is CCC(CO)(CCCOC(C)C)NC1CC1. The van der Waals surface area contributed by atoms with E-state index in [1.54, 1.807) is 0 Å². The second-order valence-electron chi connectivity index (χ2n) is 5.23. The van der Waals surface area contributed by atoms with Gasteiger partial charge in [-0.05, 0) is 46.0 Å². The van der Waals surface area contributed by atoms with Crippen molar-refractivity contribution in [3.05, 3.63) is 0 Å². The predicted octanol–water partition coefficient (Wildman–Crippen LogP) is 2.08. The van der Waals surface area contributed by atoms with Gasteiger partial charge in [-0.15, -0.1) is 0 Å². The molecule has 3 heteroatoms. The van der Waals surface area contributed by atoms with E-state index in [1.807, 2.05) is 0 Å². The lowest BCUT2D eigenvalue weighted by Crippen LogP contribution is -2.49. The topological polar surface area (TPSA) is 41.5 Å². The fourth-order valence-corrected chi connectivity index (χ4v) is 1.98. The van der Waals surface area contributed by atoms with Crippen molar-refractivity contribution < 1.29 is 9.84 Å². The Bertz CT molecular complexity index is 186. The largest absolute Gasteiger partial charge is 0.394 e. The zero-order chi connectivity index (χ0) is 12.0. The third kappa shape index (κ3) is 4.81. The number of aliphatic hydroxyl groups is 1. The molecule has 1 atom stereocenters. The van der Waals surface area contributed by atoms with E-state index in [9.17, 15) is 5.11 Å². The van der Waals surface area contributed by atoms with E-state index in [0.29, 0.717) is 12.1 Å². The fraction of sp³-hybridized carbons (Fsp3) is 1.00. The van der Waals surface area contributed by atoms with E-state index in [-0.39, 0.29) is 12.1 Å². The number of hydrogen-bond acceptors (Lipinski definition) is 3. The molecule has 1 saturated carbocycles. The lowest BCUT2D eigenvalue weighted by molar-refractivity contribution is 0.0639. The van der Waals surface area contributed by atoms with Crippen LogP contribution in [0.2, 0.25) is 0 Å². The molecule has 1 rings (SSSR count).